The molecule has 0 aliphatic heterocycles. The van der Waals surface area contributed by atoms with E-state index in [1.54, 1.807) is 0 Å². The van der Waals surface area contributed by atoms with Crippen LogP contribution in [0.2, 0.25) is 0 Å². The molecule has 2 nitrogen and oxygen atoms in total. The van der Waals surface area contributed by atoms with Crippen molar-refractivity contribution in [2.24, 2.45) is 5.41 Å². The molecular weight excluding hydrogens is 148 g/mol. The minimum Gasteiger partial charge on any atom is -0.319 e. The minimum absolute atomic E-state index is 0.640. The molecule has 0 amide bonds. The van der Waals surface area contributed by atoms with Gasteiger partial charge in [-0.1, -0.05) is 13.8 Å². The second-order valence-electron chi connectivity index (χ2n) is 3.99. The Morgan fingerprint density at radius 2 is 1.83 bits per heavy atom. The molecule has 1 rings (SSSR count). The molecule has 1 aliphatic carbocycles. The van der Waals surface area contributed by atoms with Crippen LogP contribution in [-0.2, 0) is 0 Å². The SMILES string of the molecule is CCN(CC)CC1(CNC)CC1. The zero-order chi connectivity index (χ0) is 9.03. The van der Waals surface area contributed by atoms with E-state index in [4.69, 9.17) is 0 Å². The zero-order valence-corrected chi connectivity index (χ0v) is 8.69. The fraction of sp³-hybridized carbons (Fsp3) is 1.00. The van der Waals surface area contributed by atoms with Crippen LogP contribution in [0.1, 0.15) is 26.7 Å². The molecule has 1 saturated carbocycles. The van der Waals surface area contributed by atoms with Crippen LogP contribution in [-0.4, -0.2) is 38.1 Å². The third-order valence-electron chi connectivity index (χ3n) is 2.96. The maximum Gasteiger partial charge on any atom is 0.00499 e. The van der Waals surface area contributed by atoms with Gasteiger partial charge in [-0.3, -0.25) is 0 Å². The third-order valence-corrected chi connectivity index (χ3v) is 2.96. The van der Waals surface area contributed by atoms with Crippen LogP contribution in [0.3, 0.4) is 0 Å². The van der Waals surface area contributed by atoms with E-state index in [1.165, 1.54) is 39.0 Å². The van der Waals surface area contributed by atoms with Crippen molar-refractivity contribution in [3.8, 4) is 0 Å². The molecule has 72 valence electrons. The van der Waals surface area contributed by atoms with E-state index in [0.29, 0.717) is 5.41 Å². The normalized spacial score (nSPS) is 20.0. The molecule has 0 atom stereocenters. The molecule has 0 aromatic carbocycles. The Hall–Kier alpha value is -0.0800. The lowest BCUT2D eigenvalue weighted by atomic mass is 10.1. The molecule has 0 spiro atoms. The van der Waals surface area contributed by atoms with Gasteiger partial charge in [-0.2, -0.15) is 0 Å². The van der Waals surface area contributed by atoms with Crippen LogP contribution < -0.4 is 5.32 Å². The van der Waals surface area contributed by atoms with E-state index in [9.17, 15) is 0 Å². The lowest BCUT2D eigenvalue weighted by Gasteiger charge is -2.24. The Labute approximate surface area is 76.3 Å². The van der Waals surface area contributed by atoms with Crippen LogP contribution in [0, 0.1) is 5.41 Å². The third kappa shape index (κ3) is 2.46. The van der Waals surface area contributed by atoms with Gasteiger partial charge in [0.1, 0.15) is 0 Å². The summed E-state index contributed by atoms with van der Waals surface area (Å²) < 4.78 is 0. The summed E-state index contributed by atoms with van der Waals surface area (Å²) >= 11 is 0. The fourth-order valence-electron chi connectivity index (χ4n) is 1.86. The highest BCUT2D eigenvalue weighted by atomic mass is 15.1. The van der Waals surface area contributed by atoms with Crippen molar-refractivity contribution < 1.29 is 0 Å². The molecule has 0 bridgehead atoms. The van der Waals surface area contributed by atoms with Crippen molar-refractivity contribution in [2.75, 3.05) is 33.2 Å². The Morgan fingerprint density at radius 3 is 2.17 bits per heavy atom. The predicted molar refractivity (Wildman–Crippen MR) is 53.4 cm³/mol. The molecule has 0 unspecified atom stereocenters. The zero-order valence-electron chi connectivity index (χ0n) is 8.69. The molecule has 0 radical (unpaired) electrons. The van der Waals surface area contributed by atoms with E-state index in [0.717, 1.165) is 0 Å². The van der Waals surface area contributed by atoms with Crippen LogP contribution >= 0.6 is 0 Å². The molecule has 1 N–H and O–H groups in total. The van der Waals surface area contributed by atoms with E-state index in [-0.39, 0.29) is 0 Å². The van der Waals surface area contributed by atoms with Crippen molar-refractivity contribution in [2.45, 2.75) is 26.7 Å². The van der Waals surface area contributed by atoms with E-state index in [1.807, 2.05) is 0 Å². The molecule has 0 heterocycles. The van der Waals surface area contributed by atoms with Gasteiger partial charge in [-0.25, -0.2) is 0 Å². The van der Waals surface area contributed by atoms with Crippen LogP contribution in [0.25, 0.3) is 0 Å². The monoisotopic (exact) mass is 170 g/mol. The summed E-state index contributed by atoms with van der Waals surface area (Å²) in [5.41, 5.74) is 0.640. The molecule has 1 aliphatic rings. The topological polar surface area (TPSA) is 15.3 Å². The summed E-state index contributed by atoms with van der Waals surface area (Å²) in [5, 5.41) is 3.30. The van der Waals surface area contributed by atoms with Gasteiger partial charge in [0, 0.05) is 13.1 Å². The lowest BCUT2D eigenvalue weighted by molar-refractivity contribution is 0.237. The Kier molecular flexibility index (Phi) is 3.53. The van der Waals surface area contributed by atoms with E-state index < -0.39 is 0 Å². The number of hydrogen-bond donors (Lipinski definition) is 1. The summed E-state index contributed by atoms with van der Waals surface area (Å²) in [7, 11) is 2.06. The summed E-state index contributed by atoms with van der Waals surface area (Å²) in [5.74, 6) is 0. The van der Waals surface area contributed by atoms with E-state index >= 15 is 0 Å². The number of rotatable bonds is 6. The first-order valence-electron chi connectivity index (χ1n) is 5.13. The molecule has 1 fully saturated rings. The van der Waals surface area contributed by atoms with Crippen LogP contribution in [0.15, 0.2) is 0 Å². The second-order valence-corrected chi connectivity index (χ2v) is 3.99. The molecule has 0 saturated heterocycles. The van der Waals surface area contributed by atoms with Gasteiger partial charge in [0.05, 0.1) is 0 Å². The van der Waals surface area contributed by atoms with Crippen molar-refractivity contribution in [3.05, 3.63) is 0 Å². The van der Waals surface area contributed by atoms with Gasteiger partial charge in [-0.05, 0) is 38.4 Å². The first-order chi connectivity index (χ1) is 5.76. The Morgan fingerprint density at radius 1 is 1.25 bits per heavy atom. The van der Waals surface area contributed by atoms with Crippen LogP contribution in [0.5, 0.6) is 0 Å². The van der Waals surface area contributed by atoms with Gasteiger partial charge in [0.15, 0.2) is 0 Å². The largest absolute Gasteiger partial charge is 0.319 e. The maximum atomic E-state index is 3.30. The van der Waals surface area contributed by atoms with Gasteiger partial charge in [-0.15, -0.1) is 0 Å². The summed E-state index contributed by atoms with van der Waals surface area (Å²) in [4.78, 5) is 2.53. The average Bonchev–Trinajstić information content (AvgIpc) is 2.82. The first-order valence-corrected chi connectivity index (χ1v) is 5.13. The van der Waals surface area contributed by atoms with Crippen LogP contribution in [0.4, 0.5) is 0 Å². The van der Waals surface area contributed by atoms with Crippen molar-refractivity contribution in [1.29, 1.82) is 0 Å². The first kappa shape index (κ1) is 10.0. The van der Waals surface area contributed by atoms with E-state index in [2.05, 4.69) is 31.1 Å². The average molecular weight is 170 g/mol. The van der Waals surface area contributed by atoms with Gasteiger partial charge in [0.2, 0.25) is 0 Å². The van der Waals surface area contributed by atoms with Crippen molar-refractivity contribution in [1.82, 2.24) is 10.2 Å². The fourth-order valence-corrected chi connectivity index (χ4v) is 1.86. The van der Waals surface area contributed by atoms with Gasteiger partial charge < -0.3 is 10.2 Å². The van der Waals surface area contributed by atoms with Gasteiger partial charge in [0.25, 0.3) is 0 Å². The Bertz CT molecular complexity index is 126. The summed E-state index contributed by atoms with van der Waals surface area (Å²) in [6.45, 7) is 9.38. The summed E-state index contributed by atoms with van der Waals surface area (Å²) in [6, 6.07) is 0. The Balaban J connectivity index is 2.28. The maximum absolute atomic E-state index is 3.30. The number of nitrogens with zero attached hydrogens (tertiary/aromatic N) is 1. The molecule has 12 heavy (non-hydrogen) atoms. The number of nitrogens with one attached hydrogen (secondary N) is 1. The van der Waals surface area contributed by atoms with Gasteiger partial charge >= 0.3 is 0 Å². The smallest absolute Gasteiger partial charge is 0.00499 e. The standard InChI is InChI=1S/C10H22N2/c1-4-12(5-2)9-10(6-7-10)8-11-3/h11H,4-9H2,1-3H3. The predicted octanol–water partition coefficient (Wildman–Crippen LogP) is 1.33. The minimum atomic E-state index is 0.640. The number of hydrogen-bond acceptors (Lipinski definition) is 2. The molecule has 2 heteroatoms. The highest BCUT2D eigenvalue weighted by molar-refractivity contribution is 4.96. The summed E-state index contributed by atoms with van der Waals surface area (Å²) in [6.07, 6.45) is 2.84. The highest BCUT2D eigenvalue weighted by Crippen LogP contribution is 2.45. The molecule has 0 aromatic rings. The molecule has 0 aromatic heterocycles. The second kappa shape index (κ2) is 4.24. The quantitative estimate of drug-likeness (QED) is 0.647. The molecular formula is C10H22N2. The van der Waals surface area contributed by atoms with Crippen molar-refractivity contribution >= 4 is 0 Å². The van der Waals surface area contributed by atoms with Crippen molar-refractivity contribution in [3.63, 3.8) is 0 Å². The lowest BCUT2D eigenvalue weighted by Crippen LogP contribution is -2.34. The highest BCUT2D eigenvalue weighted by Gasteiger charge is 2.42.